The van der Waals surface area contributed by atoms with E-state index in [0.717, 1.165) is 12.1 Å². The van der Waals surface area contributed by atoms with E-state index in [1.807, 2.05) is 0 Å². The number of hydrogen-bond donors (Lipinski definition) is 1. The van der Waals surface area contributed by atoms with Crippen molar-refractivity contribution in [2.24, 2.45) is 0 Å². The Morgan fingerprint density at radius 2 is 1.85 bits per heavy atom. The lowest BCUT2D eigenvalue weighted by atomic mass is 10.2. The van der Waals surface area contributed by atoms with E-state index in [9.17, 15) is 26.0 Å². The fourth-order valence-electron chi connectivity index (χ4n) is 1.63. The standard InChI is InChI=1S/C11H14F4N2O2S/c1-3-17(6-11(13,14)15)20(18,19)8-4-7(2)10(12)9(16)5-8/h4-5H,3,6,16H2,1-2H3. The van der Waals surface area contributed by atoms with Gasteiger partial charge in [-0.1, -0.05) is 6.92 Å². The molecule has 0 radical (unpaired) electrons. The third-order valence-electron chi connectivity index (χ3n) is 2.60. The first-order valence-corrected chi connectivity index (χ1v) is 7.05. The maximum Gasteiger partial charge on any atom is 0.402 e. The summed E-state index contributed by atoms with van der Waals surface area (Å²) in [5.41, 5.74) is 4.83. The second kappa shape index (κ2) is 5.57. The molecule has 0 aliphatic carbocycles. The minimum atomic E-state index is -4.66. The lowest BCUT2D eigenvalue weighted by molar-refractivity contribution is -0.135. The van der Waals surface area contributed by atoms with E-state index in [2.05, 4.69) is 0 Å². The van der Waals surface area contributed by atoms with Crippen LogP contribution in [0.4, 0.5) is 23.2 Å². The van der Waals surface area contributed by atoms with Crippen LogP contribution in [0.5, 0.6) is 0 Å². The number of alkyl halides is 3. The number of anilines is 1. The van der Waals surface area contributed by atoms with Crippen LogP contribution in [0.1, 0.15) is 12.5 Å². The molecule has 0 saturated carbocycles. The molecule has 2 N–H and O–H groups in total. The first-order valence-electron chi connectivity index (χ1n) is 5.61. The molecule has 0 aliphatic heterocycles. The van der Waals surface area contributed by atoms with E-state index in [1.54, 1.807) is 0 Å². The Hall–Kier alpha value is -1.35. The normalized spacial score (nSPS) is 12.9. The fourth-order valence-corrected chi connectivity index (χ4v) is 3.18. The van der Waals surface area contributed by atoms with E-state index >= 15 is 0 Å². The summed E-state index contributed by atoms with van der Waals surface area (Å²) in [5.74, 6) is -0.789. The number of halogens is 4. The highest BCUT2D eigenvalue weighted by Crippen LogP contribution is 2.26. The van der Waals surface area contributed by atoms with E-state index < -0.39 is 39.1 Å². The molecule has 0 amide bonds. The molecular formula is C11H14F4N2O2S. The van der Waals surface area contributed by atoms with Crippen molar-refractivity contribution in [3.05, 3.63) is 23.5 Å². The number of nitrogen functional groups attached to an aromatic ring is 1. The van der Waals surface area contributed by atoms with E-state index in [0.29, 0.717) is 0 Å². The highest BCUT2D eigenvalue weighted by molar-refractivity contribution is 7.89. The molecule has 0 atom stereocenters. The van der Waals surface area contributed by atoms with Crippen LogP contribution in [0.25, 0.3) is 0 Å². The molecule has 1 aromatic carbocycles. The molecule has 0 fully saturated rings. The van der Waals surface area contributed by atoms with E-state index in [1.165, 1.54) is 13.8 Å². The average Bonchev–Trinajstić information content (AvgIpc) is 2.30. The fraction of sp³-hybridized carbons (Fsp3) is 0.455. The van der Waals surface area contributed by atoms with Crippen molar-refractivity contribution in [3.63, 3.8) is 0 Å². The van der Waals surface area contributed by atoms with Gasteiger partial charge in [0.1, 0.15) is 12.4 Å². The number of sulfonamides is 1. The second-order valence-electron chi connectivity index (χ2n) is 4.19. The smallest absolute Gasteiger partial charge is 0.396 e. The van der Waals surface area contributed by atoms with E-state index in [-0.39, 0.29) is 16.4 Å². The number of aryl methyl sites for hydroxylation is 1. The summed E-state index contributed by atoms with van der Waals surface area (Å²) in [6, 6.07) is 1.77. The quantitative estimate of drug-likeness (QED) is 0.685. The van der Waals surface area contributed by atoms with Gasteiger partial charge in [-0.2, -0.15) is 17.5 Å². The molecule has 0 spiro atoms. The Bertz CT molecular complexity index is 576. The number of rotatable bonds is 4. The van der Waals surface area contributed by atoms with Crippen molar-refractivity contribution in [3.8, 4) is 0 Å². The van der Waals surface area contributed by atoms with Gasteiger partial charge in [0.25, 0.3) is 0 Å². The van der Waals surface area contributed by atoms with Crippen LogP contribution in [-0.4, -0.2) is 32.0 Å². The molecule has 1 aromatic rings. The van der Waals surface area contributed by atoms with Crippen LogP contribution in [-0.2, 0) is 10.0 Å². The van der Waals surface area contributed by atoms with Gasteiger partial charge in [-0.15, -0.1) is 0 Å². The first kappa shape index (κ1) is 16.7. The van der Waals surface area contributed by atoms with Gasteiger partial charge in [-0.05, 0) is 24.6 Å². The van der Waals surface area contributed by atoms with Crippen molar-refractivity contribution >= 4 is 15.7 Å². The average molecular weight is 314 g/mol. The number of nitrogens with zero attached hydrogens (tertiary/aromatic N) is 1. The molecule has 0 heterocycles. The summed E-state index contributed by atoms with van der Waals surface area (Å²) < 4.78 is 74.9. The van der Waals surface area contributed by atoms with Gasteiger partial charge >= 0.3 is 6.18 Å². The maximum absolute atomic E-state index is 13.3. The van der Waals surface area contributed by atoms with Gasteiger partial charge in [0.05, 0.1) is 10.6 Å². The summed E-state index contributed by atoms with van der Waals surface area (Å²) in [7, 11) is -4.38. The molecule has 0 aliphatic rings. The minimum Gasteiger partial charge on any atom is -0.396 e. The molecule has 114 valence electrons. The predicted octanol–water partition coefficient (Wildman–Crippen LogP) is 2.29. The van der Waals surface area contributed by atoms with Crippen molar-refractivity contribution in [2.45, 2.75) is 24.9 Å². The van der Waals surface area contributed by atoms with Gasteiger partial charge in [0, 0.05) is 6.54 Å². The van der Waals surface area contributed by atoms with Gasteiger partial charge < -0.3 is 5.73 Å². The molecule has 0 saturated heterocycles. The van der Waals surface area contributed by atoms with Crippen LogP contribution in [0.2, 0.25) is 0 Å². The molecular weight excluding hydrogens is 300 g/mol. The second-order valence-corrected chi connectivity index (χ2v) is 6.13. The van der Waals surface area contributed by atoms with Crippen LogP contribution in [0.3, 0.4) is 0 Å². The van der Waals surface area contributed by atoms with Crippen LogP contribution in [0.15, 0.2) is 17.0 Å². The van der Waals surface area contributed by atoms with Gasteiger partial charge in [-0.3, -0.25) is 0 Å². The van der Waals surface area contributed by atoms with Crippen molar-refractivity contribution < 1.29 is 26.0 Å². The summed E-state index contributed by atoms with van der Waals surface area (Å²) in [6.07, 6.45) is -4.66. The van der Waals surface area contributed by atoms with Crippen LogP contribution >= 0.6 is 0 Å². The SMILES string of the molecule is CCN(CC(F)(F)F)S(=O)(=O)c1cc(C)c(F)c(N)c1. The largest absolute Gasteiger partial charge is 0.402 e. The highest BCUT2D eigenvalue weighted by atomic mass is 32.2. The van der Waals surface area contributed by atoms with E-state index in [4.69, 9.17) is 5.73 Å². The summed E-state index contributed by atoms with van der Waals surface area (Å²) in [5, 5.41) is 0. The first-order chi connectivity index (χ1) is 8.99. The molecule has 0 unspecified atom stereocenters. The van der Waals surface area contributed by atoms with Gasteiger partial charge in [0.15, 0.2) is 0 Å². The lowest BCUT2D eigenvalue weighted by Gasteiger charge is -2.22. The Kier molecular flexibility index (Phi) is 4.65. The number of nitrogens with two attached hydrogens (primary N) is 1. The van der Waals surface area contributed by atoms with Crippen molar-refractivity contribution in [1.82, 2.24) is 4.31 Å². The third-order valence-corrected chi connectivity index (χ3v) is 4.50. The Morgan fingerprint density at radius 1 is 1.30 bits per heavy atom. The Morgan fingerprint density at radius 3 is 2.25 bits per heavy atom. The summed E-state index contributed by atoms with van der Waals surface area (Å²) in [4.78, 5) is -0.458. The molecule has 4 nitrogen and oxygen atoms in total. The molecule has 9 heteroatoms. The van der Waals surface area contributed by atoms with Gasteiger partial charge in [0.2, 0.25) is 10.0 Å². The minimum absolute atomic E-state index is 0.0494. The zero-order valence-corrected chi connectivity index (χ0v) is 11.6. The molecule has 0 bridgehead atoms. The number of benzene rings is 1. The molecule has 20 heavy (non-hydrogen) atoms. The van der Waals surface area contributed by atoms with Crippen molar-refractivity contribution in [2.75, 3.05) is 18.8 Å². The summed E-state index contributed by atoms with van der Waals surface area (Å²) >= 11 is 0. The molecule has 1 rings (SSSR count). The Balaban J connectivity index is 3.28. The zero-order valence-electron chi connectivity index (χ0n) is 10.8. The lowest BCUT2D eigenvalue weighted by Crippen LogP contribution is -2.38. The van der Waals surface area contributed by atoms with Crippen LogP contribution in [0, 0.1) is 12.7 Å². The monoisotopic (exact) mass is 314 g/mol. The number of hydrogen-bond acceptors (Lipinski definition) is 3. The maximum atomic E-state index is 13.3. The third kappa shape index (κ3) is 3.60. The highest BCUT2D eigenvalue weighted by Gasteiger charge is 2.36. The van der Waals surface area contributed by atoms with Gasteiger partial charge in [-0.25, -0.2) is 12.8 Å². The van der Waals surface area contributed by atoms with Crippen molar-refractivity contribution in [1.29, 1.82) is 0 Å². The molecule has 0 aromatic heterocycles. The Labute approximate surface area is 114 Å². The van der Waals surface area contributed by atoms with Crippen LogP contribution < -0.4 is 5.73 Å². The predicted molar refractivity (Wildman–Crippen MR) is 66.0 cm³/mol. The topological polar surface area (TPSA) is 63.4 Å². The summed E-state index contributed by atoms with van der Waals surface area (Å²) in [6.45, 7) is 0.591. The zero-order chi connectivity index (χ0) is 15.7.